The standard InChI is InChI=1S/C11H20N2O/c1-3-14-12-10-5-4-9-6-7-13(2)11(9)8-10/h9,11H,3-8H2,1-2H3/b12-10+/t9?,11-/m0/s1. The average Bonchev–Trinajstić information content (AvgIpc) is 2.57. The fraction of sp³-hybridized carbons (Fsp3) is 0.909. The highest BCUT2D eigenvalue weighted by atomic mass is 16.6. The van der Waals surface area contributed by atoms with Crippen LogP contribution in [-0.4, -0.2) is 36.9 Å². The molecule has 1 heterocycles. The van der Waals surface area contributed by atoms with E-state index < -0.39 is 0 Å². The molecule has 0 radical (unpaired) electrons. The molecule has 14 heavy (non-hydrogen) atoms. The fourth-order valence-corrected chi connectivity index (χ4v) is 2.68. The van der Waals surface area contributed by atoms with Gasteiger partial charge in [-0.15, -0.1) is 0 Å². The van der Waals surface area contributed by atoms with Crippen LogP contribution in [0.2, 0.25) is 0 Å². The van der Waals surface area contributed by atoms with E-state index in [0.29, 0.717) is 6.61 Å². The molecular formula is C11H20N2O. The van der Waals surface area contributed by atoms with Crippen molar-refractivity contribution in [2.24, 2.45) is 11.1 Å². The molecule has 1 aliphatic heterocycles. The van der Waals surface area contributed by atoms with Crippen molar-refractivity contribution in [3.8, 4) is 0 Å². The predicted molar refractivity (Wildman–Crippen MR) is 57.4 cm³/mol. The summed E-state index contributed by atoms with van der Waals surface area (Å²) in [6, 6.07) is 0.739. The second kappa shape index (κ2) is 4.30. The van der Waals surface area contributed by atoms with E-state index in [2.05, 4.69) is 17.1 Å². The van der Waals surface area contributed by atoms with Gasteiger partial charge in [-0.05, 0) is 45.7 Å². The number of hydrogen-bond donors (Lipinski definition) is 0. The van der Waals surface area contributed by atoms with Gasteiger partial charge in [0, 0.05) is 12.5 Å². The van der Waals surface area contributed by atoms with E-state index in [1.807, 2.05) is 6.92 Å². The summed E-state index contributed by atoms with van der Waals surface area (Å²) in [5.74, 6) is 0.917. The van der Waals surface area contributed by atoms with E-state index >= 15 is 0 Å². The van der Waals surface area contributed by atoms with Crippen molar-refractivity contribution in [3.63, 3.8) is 0 Å². The van der Waals surface area contributed by atoms with Gasteiger partial charge >= 0.3 is 0 Å². The summed E-state index contributed by atoms with van der Waals surface area (Å²) in [6.45, 7) is 3.93. The van der Waals surface area contributed by atoms with E-state index in [1.54, 1.807) is 0 Å². The van der Waals surface area contributed by atoms with Crippen molar-refractivity contribution in [2.45, 2.75) is 38.6 Å². The van der Waals surface area contributed by atoms with E-state index in [0.717, 1.165) is 24.8 Å². The minimum atomic E-state index is 0.688. The number of oxime groups is 1. The van der Waals surface area contributed by atoms with Crippen LogP contribution in [0.5, 0.6) is 0 Å². The maximum Gasteiger partial charge on any atom is 0.114 e. The van der Waals surface area contributed by atoms with Gasteiger partial charge in [-0.25, -0.2) is 0 Å². The largest absolute Gasteiger partial charge is 0.396 e. The zero-order valence-corrected chi connectivity index (χ0v) is 9.20. The van der Waals surface area contributed by atoms with Crippen LogP contribution in [0.4, 0.5) is 0 Å². The van der Waals surface area contributed by atoms with Gasteiger partial charge in [-0.2, -0.15) is 0 Å². The highest BCUT2D eigenvalue weighted by molar-refractivity contribution is 5.85. The second-order valence-electron chi connectivity index (χ2n) is 4.41. The van der Waals surface area contributed by atoms with E-state index in [1.165, 1.54) is 25.1 Å². The third-order valence-electron chi connectivity index (χ3n) is 3.53. The number of likely N-dealkylation sites (tertiary alicyclic amines) is 1. The molecule has 1 saturated carbocycles. The quantitative estimate of drug-likeness (QED) is 0.630. The third kappa shape index (κ3) is 1.92. The number of nitrogens with zero attached hydrogens (tertiary/aromatic N) is 2. The maximum atomic E-state index is 5.13. The molecule has 2 atom stereocenters. The van der Waals surface area contributed by atoms with E-state index in [-0.39, 0.29) is 0 Å². The molecule has 3 nitrogen and oxygen atoms in total. The lowest BCUT2D eigenvalue weighted by Gasteiger charge is -2.29. The van der Waals surface area contributed by atoms with Crippen molar-refractivity contribution in [3.05, 3.63) is 0 Å². The maximum absolute atomic E-state index is 5.13. The lowest BCUT2D eigenvalue weighted by molar-refractivity contribution is 0.154. The Labute approximate surface area is 86.1 Å². The van der Waals surface area contributed by atoms with Crippen molar-refractivity contribution >= 4 is 5.71 Å². The van der Waals surface area contributed by atoms with Crippen LogP contribution >= 0.6 is 0 Å². The summed E-state index contributed by atoms with van der Waals surface area (Å²) in [6.07, 6.45) is 4.96. The molecule has 0 aromatic rings. The highest BCUT2D eigenvalue weighted by Crippen LogP contribution is 2.34. The minimum absolute atomic E-state index is 0.688. The normalized spacial score (nSPS) is 36.0. The van der Waals surface area contributed by atoms with Crippen LogP contribution in [0.15, 0.2) is 5.16 Å². The molecule has 1 unspecified atom stereocenters. The van der Waals surface area contributed by atoms with Crippen LogP contribution in [0.25, 0.3) is 0 Å². The van der Waals surface area contributed by atoms with Crippen LogP contribution < -0.4 is 0 Å². The molecule has 0 amide bonds. The Morgan fingerprint density at radius 2 is 2.36 bits per heavy atom. The summed E-state index contributed by atoms with van der Waals surface area (Å²) in [5.41, 5.74) is 1.27. The molecule has 2 fully saturated rings. The van der Waals surface area contributed by atoms with Crippen molar-refractivity contribution in [1.29, 1.82) is 0 Å². The van der Waals surface area contributed by atoms with Crippen LogP contribution in [0, 0.1) is 5.92 Å². The van der Waals surface area contributed by atoms with Gasteiger partial charge < -0.3 is 9.74 Å². The first-order valence-electron chi connectivity index (χ1n) is 5.69. The smallest absolute Gasteiger partial charge is 0.114 e. The lowest BCUT2D eigenvalue weighted by atomic mass is 9.84. The van der Waals surface area contributed by atoms with Gasteiger partial charge in [0.1, 0.15) is 6.61 Å². The van der Waals surface area contributed by atoms with Crippen LogP contribution in [0.1, 0.15) is 32.6 Å². The average molecular weight is 196 g/mol. The molecule has 0 bridgehead atoms. The zero-order chi connectivity index (χ0) is 9.97. The van der Waals surface area contributed by atoms with Crippen LogP contribution in [-0.2, 0) is 4.84 Å². The van der Waals surface area contributed by atoms with Crippen molar-refractivity contribution in [1.82, 2.24) is 4.90 Å². The summed E-state index contributed by atoms with van der Waals surface area (Å²) < 4.78 is 0. The number of rotatable bonds is 2. The van der Waals surface area contributed by atoms with Gasteiger partial charge in [-0.3, -0.25) is 0 Å². The highest BCUT2D eigenvalue weighted by Gasteiger charge is 2.35. The molecule has 1 saturated heterocycles. The topological polar surface area (TPSA) is 24.8 Å². The first-order valence-corrected chi connectivity index (χ1v) is 5.69. The Kier molecular flexibility index (Phi) is 3.06. The Bertz CT molecular complexity index is 227. The SMILES string of the molecule is CCO/N=C1\CCC2CCN(C)[C@H]2C1. The molecule has 1 aliphatic carbocycles. The number of hydrogen-bond acceptors (Lipinski definition) is 3. The van der Waals surface area contributed by atoms with Gasteiger partial charge in [0.15, 0.2) is 0 Å². The lowest BCUT2D eigenvalue weighted by Crippen LogP contribution is -2.35. The molecule has 3 heteroatoms. The molecule has 0 aromatic heterocycles. The monoisotopic (exact) mass is 196 g/mol. The molecule has 2 aliphatic rings. The van der Waals surface area contributed by atoms with Gasteiger partial charge in [-0.1, -0.05) is 5.16 Å². The second-order valence-corrected chi connectivity index (χ2v) is 4.41. The summed E-state index contributed by atoms with van der Waals surface area (Å²) in [7, 11) is 2.23. The van der Waals surface area contributed by atoms with Gasteiger partial charge in [0.05, 0.1) is 5.71 Å². The van der Waals surface area contributed by atoms with E-state index in [4.69, 9.17) is 4.84 Å². The van der Waals surface area contributed by atoms with Crippen LogP contribution in [0.3, 0.4) is 0 Å². The Morgan fingerprint density at radius 1 is 1.50 bits per heavy atom. The van der Waals surface area contributed by atoms with E-state index in [9.17, 15) is 0 Å². The Hall–Kier alpha value is -0.570. The molecular weight excluding hydrogens is 176 g/mol. The minimum Gasteiger partial charge on any atom is -0.396 e. The molecule has 80 valence electrons. The Balaban J connectivity index is 1.95. The summed E-state index contributed by atoms with van der Waals surface area (Å²) >= 11 is 0. The molecule has 2 rings (SSSR count). The summed E-state index contributed by atoms with van der Waals surface area (Å²) in [4.78, 5) is 7.60. The predicted octanol–water partition coefficient (Wildman–Crippen LogP) is 1.88. The fourth-order valence-electron chi connectivity index (χ4n) is 2.68. The van der Waals surface area contributed by atoms with Gasteiger partial charge in [0.2, 0.25) is 0 Å². The first-order chi connectivity index (χ1) is 6.81. The first kappa shape index (κ1) is 9.97. The van der Waals surface area contributed by atoms with Crippen molar-refractivity contribution < 1.29 is 4.84 Å². The zero-order valence-electron chi connectivity index (χ0n) is 9.20. The molecule has 0 N–H and O–H groups in total. The Morgan fingerprint density at radius 3 is 3.14 bits per heavy atom. The third-order valence-corrected chi connectivity index (χ3v) is 3.53. The van der Waals surface area contributed by atoms with Crippen molar-refractivity contribution in [2.75, 3.05) is 20.2 Å². The number of fused-ring (bicyclic) bond motifs is 1. The summed E-state index contributed by atoms with van der Waals surface area (Å²) in [5, 5.41) is 4.19. The molecule has 0 aromatic carbocycles. The van der Waals surface area contributed by atoms with Gasteiger partial charge in [0.25, 0.3) is 0 Å². The molecule has 0 spiro atoms.